The standard InChI is InChI=1S/C15H14BrClFN/c1-10(13-4-2-3-5-15(13)18)19-9-11-8-12(16)6-7-14(11)17/h2-8,10,19H,9H2,1H3/t10-/m1/s1. The Kier molecular flexibility index (Phi) is 4.97. The van der Waals surface area contributed by atoms with Crippen molar-refractivity contribution in [3.63, 3.8) is 0 Å². The Morgan fingerprint density at radius 1 is 1.26 bits per heavy atom. The quantitative estimate of drug-likeness (QED) is 0.816. The summed E-state index contributed by atoms with van der Waals surface area (Å²) >= 11 is 9.54. The van der Waals surface area contributed by atoms with Crippen LogP contribution >= 0.6 is 27.5 Å². The first-order valence-electron chi connectivity index (χ1n) is 5.99. The number of nitrogens with one attached hydrogen (secondary N) is 1. The van der Waals surface area contributed by atoms with Crippen molar-refractivity contribution in [3.05, 3.63) is 68.9 Å². The predicted molar refractivity (Wildman–Crippen MR) is 80.8 cm³/mol. The van der Waals surface area contributed by atoms with Gasteiger partial charge in [-0.25, -0.2) is 4.39 Å². The summed E-state index contributed by atoms with van der Waals surface area (Å²) in [6.45, 7) is 2.53. The number of halogens is 3. The molecule has 0 aromatic heterocycles. The first-order chi connectivity index (χ1) is 9.08. The molecular formula is C15H14BrClFN. The molecule has 4 heteroatoms. The second-order valence-electron chi connectivity index (χ2n) is 4.36. The maximum absolute atomic E-state index is 13.6. The van der Waals surface area contributed by atoms with E-state index in [2.05, 4.69) is 21.2 Å². The topological polar surface area (TPSA) is 12.0 Å². The van der Waals surface area contributed by atoms with Crippen molar-refractivity contribution in [2.24, 2.45) is 0 Å². The van der Waals surface area contributed by atoms with E-state index >= 15 is 0 Å². The molecule has 2 aromatic rings. The van der Waals surface area contributed by atoms with Crippen LogP contribution in [-0.4, -0.2) is 0 Å². The number of hydrogen-bond acceptors (Lipinski definition) is 1. The van der Waals surface area contributed by atoms with E-state index in [1.807, 2.05) is 31.2 Å². The van der Waals surface area contributed by atoms with Crippen molar-refractivity contribution in [2.75, 3.05) is 0 Å². The minimum atomic E-state index is -0.192. The summed E-state index contributed by atoms with van der Waals surface area (Å²) in [7, 11) is 0. The summed E-state index contributed by atoms with van der Waals surface area (Å²) < 4.78 is 14.6. The van der Waals surface area contributed by atoms with Crippen molar-refractivity contribution in [1.82, 2.24) is 5.32 Å². The molecular weight excluding hydrogens is 329 g/mol. The minimum absolute atomic E-state index is 0.0729. The predicted octanol–water partition coefficient (Wildman–Crippen LogP) is 5.09. The van der Waals surface area contributed by atoms with Crippen LogP contribution in [0.5, 0.6) is 0 Å². The molecule has 0 saturated heterocycles. The monoisotopic (exact) mass is 341 g/mol. The molecule has 0 spiro atoms. The molecule has 100 valence electrons. The molecule has 0 amide bonds. The summed E-state index contributed by atoms with van der Waals surface area (Å²) in [6.07, 6.45) is 0. The summed E-state index contributed by atoms with van der Waals surface area (Å²) in [4.78, 5) is 0. The van der Waals surface area contributed by atoms with Crippen molar-refractivity contribution >= 4 is 27.5 Å². The highest BCUT2D eigenvalue weighted by molar-refractivity contribution is 9.10. The van der Waals surface area contributed by atoms with Crippen molar-refractivity contribution in [3.8, 4) is 0 Å². The fourth-order valence-electron chi connectivity index (χ4n) is 1.88. The average molecular weight is 343 g/mol. The number of benzene rings is 2. The Balaban J connectivity index is 2.06. The molecule has 1 atom stereocenters. The molecule has 0 aliphatic rings. The van der Waals surface area contributed by atoms with E-state index in [0.717, 1.165) is 10.0 Å². The molecule has 0 radical (unpaired) electrons. The molecule has 1 nitrogen and oxygen atoms in total. The van der Waals surface area contributed by atoms with Gasteiger partial charge in [0.1, 0.15) is 5.82 Å². The molecule has 0 saturated carbocycles. The van der Waals surface area contributed by atoms with Gasteiger partial charge in [-0.15, -0.1) is 0 Å². The third-order valence-electron chi connectivity index (χ3n) is 2.98. The summed E-state index contributed by atoms with van der Waals surface area (Å²) in [6, 6.07) is 12.4. The van der Waals surface area contributed by atoms with Crippen molar-refractivity contribution in [2.45, 2.75) is 19.5 Å². The minimum Gasteiger partial charge on any atom is -0.306 e. The number of hydrogen-bond donors (Lipinski definition) is 1. The van der Waals surface area contributed by atoms with E-state index in [4.69, 9.17) is 11.6 Å². The Labute approximate surface area is 125 Å². The zero-order valence-electron chi connectivity index (χ0n) is 10.5. The SMILES string of the molecule is C[C@@H](NCc1cc(Br)ccc1Cl)c1ccccc1F. The van der Waals surface area contributed by atoms with Gasteiger partial charge in [0.05, 0.1) is 0 Å². The molecule has 0 unspecified atom stereocenters. The van der Waals surface area contributed by atoms with Crippen LogP contribution in [0.3, 0.4) is 0 Å². The van der Waals surface area contributed by atoms with Crippen LogP contribution < -0.4 is 5.32 Å². The van der Waals surface area contributed by atoms with Gasteiger partial charge in [-0.3, -0.25) is 0 Å². The van der Waals surface area contributed by atoms with Crippen LogP contribution in [0.2, 0.25) is 5.02 Å². The molecule has 2 rings (SSSR count). The lowest BCUT2D eigenvalue weighted by Gasteiger charge is -2.15. The zero-order chi connectivity index (χ0) is 13.8. The highest BCUT2D eigenvalue weighted by Crippen LogP contribution is 2.22. The third kappa shape index (κ3) is 3.78. The lowest BCUT2D eigenvalue weighted by molar-refractivity contribution is 0.528. The van der Waals surface area contributed by atoms with E-state index < -0.39 is 0 Å². The van der Waals surface area contributed by atoms with E-state index in [1.54, 1.807) is 12.1 Å². The second kappa shape index (κ2) is 6.51. The van der Waals surface area contributed by atoms with Gasteiger partial charge in [-0.05, 0) is 36.8 Å². The Morgan fingerprint density at radius 2 is 2.00 bits per heavy atom. The first kappa shape index (κ1) is 14.5. The molecule has 0 heterocycles. The highest BCUT2D eigenvalue weighted by Gasteiger charge is 2.10. The normalized spacial score (nSPS) is 12.4. The maximum atomic E-state index is 13.6. The molecule has 19 heavy (non-hydrogen) atoms. The van der Waals surface area contributed by atoms with Crippen LogP contribution in [0.15, 0.2) is 46.9 Å². The Bertz CT molecular complexity index is 574. The fourth-order valence-corrected chi connectivity index (χ4v) is 2.47. The van der Waals surface area contributed by atoms with Gasteiger partial charge in [0.2, 0.25) is 0 Å². The summed E-state index contributed by atoms with van der Waals surface area (Å²) in [5, 5.41) is 3.98. The van der Waals surface area contributed by atoms with Crippen molar-refractivity contribution in [1.29, 1.82) is 0 Å². The maximum Gasteiger partial charge on any atom is 0.127 e. The van der Waals surface area contributed by atoms with Gasteiger partial charge in [0.25, 0.3) is 0 Å². The summed E-state index contributed by atoms with van der Waals surface area (Å²) in [5.74, 6) is -0.192. The van der Waals surface area contributed by atoms with Gasteiger partial charge >= 0.3 is 0 Å². The second-order valence-corrected chi connectivity index (χ2v) is 5.68. The molecule has 0 aliphatic heterocycles. The molecule has 0 bridgehead atoms. The molecule has 1 N–H and O–H groups in total. The van der Waals surface area contributed by atoms with E-state index in [9.17, 15) is 4.39 Å². The fraction of sp³-hybridized carbons (Fsp3) is 0.200. The van der Waals surface area contributed by atoms with Gasteiger partial charge in [0.15, 0.2) is 0 Å². The van der Waals surface area contributed by atoms with Crippen LogP contribution in [-0.2, 0) is 6.54 Å². The van der Waals surface area contributed by atoms with Crippen LogP contribution in [0.1, 0.15) is 24.1 Å². The molecule has 2 aromatic carbocycles. The lowest BCUT2D eigenvalue weighted by atomic mass is 10.1. The third-order valence-corrected chi connectivity index (χ3v) is 3.84. The zero-order valence-corrected chi connectivity index (χ0v) is 12.8. The molecule has 0 fully saturated rings. The highest BCUT2D eigenvalue weighted by atomic mass is 79.9. The largest absolute Gasteiger partial charge is 0.306 e. The van der Waals surface area contributed by atoms with E-state index in [-0.39, 0.29) is 11.9 Å². The van der Waals surface area contributed by atoms with Gasteiger partial charge in [-0.2, -0.15) is 0 Å². The van der Waals surface area contributed by atoms with E-state index in [1.165, 1.54) is 6.07 Å². The van der Waals surface area contributed by atoms with Crippen LogP contribution in [0.4, 0.5) is 4.39 Å². The van der Waals surface area contributed by atoms with Gasteiger partial charge < -0.3 is 5.32 Å². The first-order valence-corrected chi connectivity index (χ1v) is 7.17. The Morgan fingerprint density at radius 3 is 2.74 bits per heavy atom. The Hall–Kier alpha value is -0.900. The van der Waals surface area contributed by atoms with Crippen LogP contribution in [0.25, 0.3) is 0 Å². The lowest BCUT2D eigenvalue weighted by Crippen LogP contribution is -2.19. The smallest absolute Gasteiger partial charge is 0.127 e. The van der Waals surface area contributed by atoms with Crippen molar-refractivity contribution < 1.29 is 4.39 Å². The number of rotatable bonds is 4. The van der Waals surface area contributed by atoms with E-state index in [0.29, 0.717) is 17.1 Å². The average Bonchev–Trinajstić information content (AvgIpc) is 2.40. The summed E-state index contributed by atoms with van der Waals surface area (Å²) in [5.41, 5.74) is 1.65. The van der Waals surface area contributed by atoms with Crippen LogP contribution in [0, 0.1) is 5.82 Å². The van der Waals surface area contributed by atoms with Gasteiger partial charge in [-0.1, -0.05) is 45.7 Å². The molecule has 0 aliphatic carbocycles. The van der Waals surface area contributed by atoms with Gasteiger partial charge in [0, 0.05) is 27.6 Å².